The van der Waals surface area contributed by atoms with Crippen molar-refractivity contribution in [2.45, 2.75) is 51.6 Å². The second-order valence-electron chi connectivity index (χ2n) is 6.50. The molecule has 7 heteroatoms. The van der Waals surface area contributed by atoms with Crippen LogP contribution in [-0.2, 0) is 17.6 Å². The zero-order valence-corrected chi connectivity index (χ0v) is 15.7. The Morgan fingerprint density at radius 3 is 3.04 bits per heavy atom. The molecule has 0 aromatic carbocycles. The van der Waals surface area contributed by atoms with E-state index in [-0.39, 0.29) is 12.0 Å². The lowest BCUT2D eigenvalue weighted by atomic mass is 9.87. The first-order valence-electron chi connectivity index (χ1n) is 8.73. The summed E-state index contributed by atoms with van der Waals surface area (Å²) in [7, 11) is 0. The summed E-state index contributed by atoms with van der Waals surface area (Å²) in [4.78, 5) is 14.4. The standard InChI is InChI=1S/C17H25N3O2S2/c1-2-11-5-6-14-12(8-11)9-15(24-14)16(21)19-20-17(23)18-10-13-4-3-7-22-13/h9,11,13H,2-8,10H2,1H3,(H,19,21)(H2,18,20,23)/t11-,13+/m0/s1. The van der Waals surface area contributed by atoms with Crippen molar-refractivity contribution in [3.8, 4) is 0 Å². The number of ether oxygens (including phenoxy) is 1. The van der Waals surface area contributed by atoms with Crippen molar-refractivity contribution in [1.29, 1.82) is 0 Å². The molecule has 5 nitrogen and oxygen atoms in total. The number of aryl methyl sites for hydroxylation is 1. The number of carbonyl (C=O) groups excluding carboxylic acids is 1. The number of hydrazine groups is 1. The second-order valence-corrected chi connectivity index (χ2v) is 8.05. The van der Waals surface area contributed by atoms with Gasteiger partial charge in [0.25, 0.3) is 5.91 Å². The quantitative estimate of drug-likeness (QED) is 0.564. The molecule has 0 radical (unpaired) electrons. The van der Waals surface area contributed by atoms with Gasteiger partial charge in [-0.1, -0.05) is 13.3 Å². The maximum Gasteiger partial charge on any atom is 0.279 e. The second kappa shape index (κ2) is 8.27. The first-order valence-corrected chi connectivity index (χ1v) is 9.95. The first kappa shape index (κ1) is 17.6. The zero-order valence-electron chi connectivity index (χ0n) is 14.0. The van der Waals surface area contributed by atoms with Crippen molar-refractivity contribution in [2.75, 3.05) is 13.2 Å². The SMILES string of the molecule is CC[C@H]1CCc2sc(C(=O)NNC(=S)NC[C@H]3CCCO3)cc2C1. The number of thiocarbonyl (C=S) groups is 1. The van der Waals surface area contributed by atoms with Crippen molar-refractivity contribution < 1.29 is 9.53 Å². The average Bonchev–Trinajstić information content (AvgIpc) is 3.26. The Hall–Kier alpha value is -1.18. The van der Waals surface area contributed by atoms with Crippen LogP contribution in [-0.4, -0.2) is 30.3 Å². The smallest absolute Gasteiger partial charge is 0.279 e. The van der Waals surface area contributed by atoms with E-state index in [1.165, 1.54) is 23.3 Å². The van der Waals surface area contributed by atoms with E-state index in [4.69, 9.17) is 17.0 Å². The van der Waals surface area contributed by atoms with Crippen molar-refractivity contribution in [3.63, 3.8) is 0 Å². The minimum atomic E-state index is -0.122. The molecule has 132 valence electrons. The Labute approximate surface area is 152 Å². The van der Waals surface area contributed by atoms with Crippen LogP contribution in [0.25, 0.3) is 0 Å². The molecule has 1 aliphatic carbocycles. The topological polar surface area (TPSA) is 62.4 Å². The summed E-state index contributed by atoms with van der Waals surface area (Å²) >= 11 is 6.79. The molecule has 1 amide bonds. The maximum atomic E-state index is 12.3. The van der Waals surface area contributed by atoms with E-state index in [1.54, 1.807) is 11.3 Å². The molecular weight excluding hydrogens is 342 g/mol. The van der Waals surface area contributed by atoms with Gasteiger partial charge in [-0.2, -0.15) is 0 Å². The molecule has 2 heterocycles. The molecule has 0 saturated carbocycles. The normalized spacial score (nSPS) is 22.7. The highest BCUT2D eigenvalue weighted by atomic mass is 32.1. The number of amides is 1. The summed E-state index contributed by atoms with van der Waals surface area (Å²) in [6.45, 7) is 3.74. The molecule has 1 aliphatic heterocycles. The minimum Gasteiger partial charge on any atom is -0.376 e. The van der Waals surface area contributed by atoms with E-state index in [0.29, 0.717) is 11.7 Å². The fraction of sp³-hybridized carbons (Fsp3) is 0.647. The summed E-state index contributed by atoms with van der Waals surface area (Å²) < 4.78 is 5.53. The predicted octanol–water partition coefficient (Wildman–Crippen LogP) is 2.55. The number of hydrogen-bond acceptors (Lipinski definition) is 4. The molecule has 3 rings (SSSR count). The van der Waals surface area contributed by atoms with Crippen LogP contribution >= 0.6 is 23.6 Å². The predicted molar refractivity (Wildman–Crippen MR) is 100 cm³/mol. The maximum absolute atomic E-state index is 12.3. The van der Waals surface area contributed by atoms with Crippen LogP contribution in [0.1, 0.15) is 52.7 Å². The number of rotatable bonds is 4. The highest BCUT2D eigenvalue weighted by Gasteiger charge is 2.22. The highest BCUT2D eigenvalue weighted by molar-refractivity contribution is 7.80. The van der Waals surface area contributed by atoms with Gasteiger partial charge in [-0.05, 0) is 61.9 Å². The molecule has 3 N–H and O–H groups in total. The van der Waals surface area contributed by atoms with E-state index < -0.39 is 0 Å². The van der Waals surface area contributed by atoms with Crippen LogP contribution in [0.5, 0.6) is 0 Å². The van der Waals surface area contributed by atoms with Crippen LogP contribution in [0.2, 0.25) is 0 Å². The lowest BCUT2D eigenvalue weighted by Gasteiger charge is -2.19. The van der Waals surface area contributed by atoms with E-state index in [2.05, 4.69) is 23.1 Å². The monoisotopic (exact) mass is 367 g/mol. The molecule has 24 heavy (non-hydrogen) atoms. The molecule has 1 aromatic rings. The Bertz CT molecular complexity index is 597. The van der Waals surface area contributed by atoms with Crippen molar-refractivity contribution in [1.82, 2.24) is 16.2 Å². The van der Waals surface area contributed by atoms with Crippen molar-refractivity contribution in [3.05, 3.63) is 21.4 Å². The van der Waals surface area contributed by atoms with Crippen LogP contribution in [0.15, 0.2) is 6.07 Å². The molecule has 0 spiro atoms. The van der Waals surface area contributed by atoms with Gasteiger partial charge in [0.15, 0.2) is 5.11 Å². The Morgan fingerprint density at radius 2 is 2.29 bits per heavy atom. The van der Waals surface area contributed by atoms with E-state index in [1.807, 2.05) is 6.07 Å². The molecule has 1 aromatic heterocycles. The fourth-order valence-electron chi connectivity index (χ4n) is 3.29. The summed E-state index contributed by atoms with van der Waals surface area (Å²) in [5.74, 6) is 0.638. The van der Waals surface area contributed by atoms with Crippen LogP contribution in [0.3, 0.4) is 0 Å². The third-order valence-corrected chi connectivity index (χ3v) is 6.27. The third kappa shape index (κ3) is 4.46. The average molecular weight is 368 g/mol. The zero-order chi connectivity index (χ0) is 16.9. The van der Waals surface area contributed by atoms with Gasteiger partial charge in [0.2, 0.25) is 0 Å². The summed E-state index contributed by atoms with van der Waals surface area (Å²) in [6.07, 6.45) is 7.03. The van der Waals surface area contributed by atoms with Crippen molar-refractivity contribution in [2.24, 2.45) is 5.92 Å². The summed E-state index contributed by atoms with van der Waals surface area (Å²) in [6, 6.07) is 2.04. The number of hydrogen-bond donors (Lipinski definition) is 3. The summed E-state index contributed by atoms with van der Waals surface area (Å²) in [5, 5.41) is 3.50. The first-order chi connectivity index (χ1) is 11.7. The molecule has 2 atom stereocenters. The lowest BCUT2D eigenvalue weighted by Crippen LogP contribution is -2.48. The Morgan fingerprint density at radius 1 is 1.42 bits per heavy atom. The van der Waals surface area contributed by atoms with Gasteiger partial charge in [0.05, 0.1) is 11.0 Å². The van der Waals surface area contributed by atoms with Gasteiger partial charge in [-0.15, -0.1) is 11.3 Å². The van der Waals surface area contributed by atoms with Gasteiger partial charge in [0.1, 0.15) is 0 Å². The van der Waals surface area contributed by atoms with Crippen LogP contribution in [0.4, 0.5) is 0 Å². The van der Waals surface area contributed by atoms with Crippen molar-refractivity contribution >= 4 is 34.6 Å². The third-order valence-electron chi connectivity index (χ3n) is 4.79. The number of thiophene rings is 1. The largest absolute Gasteiger partial charge is 0.376 e. The van der Waals surface area contributed by atoms with Gasteiger partial charge >= 0.3 is 0 Å². The summed E-state index contributed by atoms with van der Waals surface area (Å²) in [5.41, 5.74) is 6.81. The molecule has 0 unspecified atom stereocenters. The highest BCUT2D eigenvalue weighted by Crippen LogP contribution is 2.33. The van der Waals surface area contributed by atoms with E-state index >= 15 is 0 Å². The van der Waals surface area contributed by atoms with Crippen LogP contribution in [0, 0.1) is 5.92 Å². The van der Waals surface area contributed by atoms with Gasteiger partial charge in [0, 0.05) is 18.0 Å². The molecule has 1 fully saturated rings. The minimum absolute atomic E-state index is 0.122. The van der Waals surface area contributed by atoms with Crippen LogP contribution < -0.4 is 16.2 Å². The van der Waals surface area contributed by atoms with E-state index in [0.717, 1.165) is 43.1 Å². The number of carbonyl (C=O) groups is 1. The Balaban J connectivity index is 1.45. The van der Waals surface area contributed by atoms with E-state index in [9.17, 15) is 4.79 Å². The molecular formula is C17H25N3O2S2. The molecule has 1 saturated heterocycles. The van der Waals surface area contributed by atoms with Gasteiger partial charge < -0.3 is 10.1 Å². The Kier molecular flexibility index (Phi) is 6.08. The van der Waals surface area contributed by atoms with Gasteiger partial charge in [-0.3, -0.25) is 15.6 Å². The molecule has 2 aliphatic rings. The van der Waals surface area contributed by atoms with Gasteiger partial charge in [-0.25, -0.2) is 0 Å². The number of fused-ring (bicyclic) bond motifs is 1. The fourth-order valence-corrected chi connectivity index (χ4v) is 4.53. The number of nitrogens with one attached hydrogen (secondary N) is 3. The molecule has 0 bridgehead atoms. The lowest BCUT2D eigenvalue weighted by molar-refractivity contribution is 0.0947.